The molecule has 4 N–H and O–H groups in total. The number of carbonyl (C=O) groups excluding carboxylic acids is 2. The number of hydrogen-bond donors (Lipinski definition) is 4. The molecule has 1 aliphatic heterocycles. The number of fused-ring (bicyclic) bond motifs is 1. The molecular weight excluding hydrogens is 328 g/mol. The minimum absolute atomic E-state index is 0.106. The second kappa shape index (κ2) is 9.07. The summed E-state index contributed by atoms with van der Waals surface area (Å²) in [5.41, 5.74) is 5.69. The molecule has 0 unspecified atom stereocenters. The Bertz CT molecular complexity index is 609. The van der Waals surface area contributed by atoms with Crippen LogP contribution in [-0.2, 0) is 9.59 Å². The maximum absolute atomic E-state index is 12.0. The first-order chi connectivity index (χ1) is 11.6. The maximum atomic E-state index is 12.0. The number of nitrogens with one attached hydrogen (secondary N) is 4. The van der Waals surface area contributed by atoms with Crippen molar-refractivity contribution in [1.29, 1.82) is 0 Å². The molecule has 0 radical (unpaired) electrons. The Morgan fingerprint density at radius 3 is 2.88 bits per heavy atom. The van der Waals surface area contributed by atoms with E-state index in [1.165, 1.54) is 0 Å². The van der Waals surface area contributed by atoms with Crippen LogP contribution in [0.4, 0.5) is 5.69 Å². The lowest BCUT2D eigenvalue weighted by molar-refractivity contribution is -0.130. The molecule has 8 heteroatoms. The number of rotatable bonds is 6. The summed E-state index contributed by atoms with van der Waals surface area (Å²) in [6, 6.07) is 7.09. The molecule has 1 atom stereocenters. The Kier molecular flexibility index (Phi) is 6.80. The summed E-state index contributed by atoms with van der Waals surface area (Å²) < 4.78 is 5.56. The second-order valence-electron chi connectivity index (χ2n) is 5.43. The van der Waals surface area contributed by atoms with E-state index in [1.54, 1.807) is 24.3 Å². The van der Waals surface area contributed by atoms with Gasteiger partial charge in [0.1, 0.15) is 5.75 Å². The molecule has 0 saturated heterocycles. The molecule has 0 spiro atoms. The van der Waals surface area contributed by atoms with Gasteiger partial charge in [-0.3, -0.25) is 20.4 Å². The first-order valence-electron chi connectivity index (χ1n) is 7.99. The topological polar surface area (TPSA) is 91.5 Å². The lowest BCUT2D eigenvalue weighted by Gasteiger charge is -2.25. The van der Waals surface area contributed by atoms with Crippen molar-refractivity contribution in [2.45, 2.75) is 38.7 Å². The number of ether oxygens (including phenoxy) is 1. The number of carbonyl (C=O) groups is 2. The third kappa shape index (κ3) is 5.38. The van der Waals surface area contributed by atoms with Gasteiger partial charge in [-0.2, -0.15) is 0 Å². The number of anilines is 1. The molecule has 0 saturated carbocycles. The van der Waals surface area contributed by atoms with Gasteiger partial charge < -0.3 is 15.4 Å². The molecule has 130 valence electrons. The quantitative estimate of drug-likeness (QED) is 0.353. The van der Waals surface area contributed by atoms with Crippen LogP contribution in [0.5, 0.6) is 5.75 Å². The van der Waals surface area contributed by atoms with Crippen LogP contribution in [0.2, 0.25) is 0 Å². The Morgan fingerprint density at radius 1 is 1.29 bits per heavy atom. The number of amides is 2. The summed E-state index contributed by atoms with van der Waals surface area (Å²) in [6.45, 7) is 2.87. The molecule has 24 heavy (non-hydrogen) atoms. The van der Waals surface area contributed by atoms with Gasteiger partial charge in [-0.25, -0.2) is 0 Å². The van der Waals surface area contributed by atoms with Crippen molar-refractivity contribution in [3.8, 4) is 5.75 Å². The largest absolute Gasteiger partial charge is 0.478 e. The number of para-hydroxylation sites is 2. The fourth-order valence-electron chi connectivity index (χ4n) is 2.19. The first-order valence-corrected chi connectivity index (χ1v) is 8.40. The molecule has 1 aromatic rings. The van der Waals surface area contributed by atoms with Gasteiger partial charge in [0, 0.05) is 6.54 Å². The van der Waals surface area contributed by atoms with Crippen molar-refractivity contribution in [3.05, 3.63) is 24.3 Å². The average molecular weight is 350 g/mol. The molecule has 0 fully saturated rings. The minimum atomic E-state index is -0.868. The van der Waals surface area contributed by atoms with Gasteiger partial charge in [-0.15, -0.1) is 0 Å². The molecule has 0 bridgehead atoms. The van der Waals surface area contributed by atoms with E-state index in [2.05, 4.69) is 28.4 Å². The zero-order chi connectivity index (χ0) is 17.4. The highest BCUT2D eigenvalue weighted by Crippen LogP contribution is 2.29. The van der Waals surface area contributed by atoms with Crippen molar-refractivity contribution < 1.29 is 14.3 Å². The summed E-state index contributed by atoms with van der Waals surface area (Å²) in [5, 5.41) is 6.06. The van der Waals surface area contributed by atoms with Crippen molar-refractivity contribution in [2.24, 2.45) is 0 Å². The third-order valence-electron chi connectivity index (χ3n) is 3.46. The van der Waals surface area contributed by atoms with Crippen molar-refractivity contribution in [3.63, 3.8) is 0 Å². The lowest BCUT2D eigenvalue weighted by Crippen LogP contribution is -2.49. The summed E-state index contributed by atoms with van der Waals surface area (Å²) in [7, 11) is 0. The average Bonchev–Trinajstić information content (AvgIpc) is 2.57. The van der Waals surface area contributed by atoms with Crippen LogP contribution in [0.3, 0.4) is 0 Å². The molecule has 1 aliphatic rings. The molecule has 1 heterocycles. The molecule has 1 aromatic carbocycles. The smallest absolute Gasteiger partial charge is 0.266 e. The van der Waals surface area contributed by atoms with Crippen molar-refractivity contribution in [2.75, 3.05) is 11.9 Å². The summed E-state index contributed by atoms with van der Waals surface area (Å²) in [4.78, 5) is 23.9. The summed E-state index contributed by atoms with van der Waals surface area (Å²) in [5.74, 6) is -0.174. The van der Waals surface area contributed by atoms with E-state index in [0.29, 0.717) is 16.5 Å². The molecule has 0 aliphatic carbocycles. The number of benzene rings is 1. The maximum Gasteiger partial charge on any atom is 0.266 e. The van der Waals surface area contributed by atoms with E-state index in [9.17, 15) is 9.59 Å². The fraction of sp³-hybridized carbons (Fsp3) is 0.438. The number of hydrogen-bond acceptors (Lipinski definition) is 4. The fourth-order valence-corrected chi connectivity index (χ4v) is 2.35. The SMILES string of the molecule is CCCCCNC(=S)NNC(=O)C[C@H]1Oc2ccccc2NC1=O. The number of hydrazine groups is 1. The van der Waals surface area contributed by atoms with Crippen molar-refractivity contribution >= 4 is 34.8 Å². The highest BCUT2D eigenvalue weighted by Gasteiger charge is 2.29. The van der Waals surface area contributed by atoms with Crippen LogP contribution in [0, 0.1) is 0 Å². The van der Waals surface area contributed by atoms with E-state index in [1.807, 2.05) is 0 Å². The van der Waals surface area contributed by atoms with Crippen LogP contribution in [0.25, 0.3) is 0 Å². The Morgan fingerprint density at radius 2 is 2.08 bits per heavy atom. The normalized spacial score (nSPS) is 15.5. The van der Waals surface area contributed by atoms with Crippen LogP contribution in [0.15, 0.2) is 24.3 Å². The predicted octanol–water partition coefficient (Wildman–Crippen LogP) is 1.46. The Labute approximate surface area is 146 Å². The summed E-state index contributed by atoms with van der Waals surface area (Å²) in [6.07, 6.45) is 2.30. The second-order valence-corrected chi connectivity index (χ2v) is 5.84. The summed E-state index contributed by atoms with van der Waals surface area (Å²) >= 11 is 5.05. The predicted molar refractivity (Wildman–Crippen MR) is 95.5 cm³/mol. The number of unbranched alkanes of at least 4 members (excludes halogenated alkanes) is 2. The van der Waals surface area contributed by atoms with Gasteiger partial charge in [-0.05, 0) is 30.8 Å². The van der Waals surface area contributed by atoms with Gasteiger partial charge in [0.25, 0.3) is 5.91 Å². The Hall–Kier alpha value is -2.35. The zero-order valence-electron chi connectivity index (χ0n) is 13.6. The van der Waals surface area contributed by atoms with E-state index < -0.39 is 6.10 Å². The van der Waals surface area contributed by atoms with Gasteiger partial charge >= 0.3 is 0 Å². The standard InChI is InChI=1S/C16H22N4O3S/c1-2-3-6-9-17-16(24)20-19-14(21)10-13-15(22)18-11-7-4-5-8-12(11)23-13/h4-5,7-8,13H,2-3,6,9-10H2,1H3,(H,18,22)(H,19,21)(H2,17,20,24)/t13-/m1/s1. The van der Waals surface area contributed by atoms with Crippen molar-refractivity contribution in [1.82, 2.24) is 16.2 Å². The molecule has 0 aromatic heterocycles. The first kappa shape index (κ1) is 18.0. The number of thiocarbonyl (C=S) groups is 1. The van der Waals surface area contributed by atoms with Gasteiger partial charge in [0.15, 0.2) is 11.2 Å². The Balaban J connectivity index is 1.73. The molecule has 2 rings (SSSR count). The molecule has 7 nitrogen and oxygen atoms in total. The van der Waals surface area contributed by atoms with Crippen LogP contribution in [-0.4, -0.2) is 29.6 Å². The lowest BCUT2D eigenvalue weighted by atomic mass is 10.1. The highest BCUT2D eigenvalue weighted by atomic mass is 32.1. The van der Waals surface area contributed by atoms with Gasteiger partial charge in [0.05, 0.1) is 12.1 Å². The van der Waals surface area contributed by atoms with E-state index in [0.717, 1.165) is 25.8 Å². The molecule has 2 amide bonds. The van der Waals surface area contributed by atoms with Gasteiger partial charge in [-0.1, -0.05) is 31.9 Å². The van der Waals surface area contributed by atoms with Crippen LogP contribution < -0.4 is 26.2 Å². The van der Waals surface area contributed by atoms with Crippen LogP contribution >= 0.6 is 12.2 Å². The van der Waals surface area contributed by atoms with Gasteiger partial charge in [0.2, 0.25) is 5.91 Å². The highest BCUT2D eigenvalue weighted by molar-refractivity contribution is 7.80. The zero-order valence-corrected chi connectivity index (χ0v) is 14.4. The van der Waals surface area contributed by atoms with Crippen LogP contribution in [0.1, 0.15) is 32.6 Å². The molecular formula is C16H22N4O3S. The third-order valence-corrected chi connectivity index (χ3v) is 3.71. The monoisotopic (exact) mass is 350 g/mol. The van der Waals surface area contributed by atoms with E-state index in [4.69, 9.17) is 17.0 Å². The van der Waals surface area contributed by atoms with E-state index >= 15 is 0 Å². The van der Waals surface area contributed by atoms with E-state index in [-0.39, 0.29) is 18.2 Å². The minimum Gasteiger partial charge on any atom is -0.478 e.